The van der Waals surface area contributed by atoms with Crippen LogP contribution in [0.3, 0.4) is 0 Å². The second-order valence-electron chi connectivity index (χ2n) is 14.4. The molecule has 6 aromatic heterocycles. The Morgan fingerprint density at radius 1 is 0.650 bits per heavy atom. The summed E-state index contributed by atoms with van der Waals surface area (Å²) in [6.45, 7) is 8.18. The Morgan fingerprint density at radius 2 is 1.12 bits per heavy atom. The van der Waals surface area contributed by atoms with Crippen LogP contribution in [0.2, 0.25) is 10.3 Å². The fourth-order valence-corrected chi connectivity index (χ4v) is 10.6. The van der Waals surface area contributed by atoms with Crippen molar-refractivity contribution in [2.45, 2.75) is 48.7 Å². The normalized spacial score (nSPS) is 14.8. The molecule has 22 heteroatoms. The van der Waals surface area contributed by atoms with Crippen molar-refractivity contribution >= 4 is 100 Å². The van der Waals surface area contributed by atoms with E-state index in [1.54, 1.807) is 95.7 Å². The van der Waals surface area contributed by atoms with Gasteiger partial charge in [-0.15, -0.1) is 0 Å². The molecule has 2 aromatic carbocycles. The van der Waals surface area contributed by atoms with E-state index < -0.39 is 20.0 Å². The summed E-state index contributed by atoms with van der Waals surface area (Å²) in [6, 6.07) is 19.7. The van der Waals surface area contributed by atoms with Crippen molar-refractivity contribution in [3.8, 4) is 11.3 Å². The highest BCUT2D eigenvalue weighted by molar-refractivity contribution is 14.1. The SMILES string of the molecule is Cn1cc(-c2cc3c(Cl)ncnc3n2S(=O)(=O)c2ccccc2)cn1.Cn1cc(B2OC(C)(C)C(C)(C)O2)cn1.O=S(=O)(c1ccccc1)n1c(I)cc2c(Cl)ncnc21. The second-order valence-corrected chi connectivity index (χ2v) is 19.8. The third-order valence-corrected chi connectivity index (χ3v) is 14.9. The number of hydrogen-bond acceptors (Lipinski definition) is 12. The van der Waals surface area contributed by atoms with Gasteiger partial charge in [-0.1, -0.05) is 59.6 Å². The van der Waals surface area contributed by atoms with Gasteiger partial charge in [0.05, 0.1) is 47.4 Å². The molecule has 1 aliphatic rings. The topological polar surface area (TPSA) is 184 Å². The molecule has 7 heterocycles. The van der Waals surface area contributed by atoms with Crippen molar-refractivity contribution in [3.63, 3.8) is 0 Å². The van der Waals surface area contributed by atoms with E-state index in [1.165, 1.54) is 32.7 Å². The number of fused-ring (bicyclic) bond motifs is 2. The molecule has 1 aliphatic heterocycles. The summed E-state index contributed by atoms with van der Waals surface area (Å²) in [6.07, 6.45) is 9.51. The van der Waals surface area contributed by atoms with Crippen LogP contribution in [0, 0.1) is 3.70 Å². The summed E-state index contributed by atoms with van der Waals surface area (Å²) in [7, 11) is -4.25. The van der Waals surface area contributed by atoms with E-state index in [4.69, 9.17) is 32.5 Å². The van der Waals surface area contributed by atoms with E-state index in [0.717, 1.165) is 5.46 Å². The van der Waals surface area contributed by atoms with E-state index in [1.807, 2.05) is 63.5 Å². The van der Waals surface area contributed by atoms with Crippen LogP contribution < -0.4 is 5.46 Å². The first-order chi connectivity index (χ1) is 28.3. The van der Waals surface area contributed by atoms with Crippen molar-refractivity contribution in [2.24, 2.45) is 14.1 Å². The Kier molecular flexibility index (Phi) is 12.0. The van der Waals surface area contributed by atoms with Gasteiger partial charge in [0, 0.05) is 43.7 Å². The van der Waals surface area contributed by atoms with Crippen molar-refractivity contribution in [1.82, 2.24) is 47.4 Å². The maximum Gasteiger partial charge on any atom is 0.498 e. The highest BCUT2D eigenvalue weighted by Gasteiger charge is 2.52. The van der Waals surface area contributed by atoms with E-state index in [2.05, 4.69) is 30.1 Å². The lowest BCUT2D eigenvalue weighted by Crippen LogP contribution is -2.41. The van der Waals surface area contributed by atoms with Gasteiger partial charge >= 0.3 is 7.12 Å². The minimum atomic E-state index is -3.88. The molecule has 0 aliphatic carbocycles. The molecule has 9 rings (SSSR count). The Bertz CT molecular complexity index is 3050. The Labute approximate surface area is 369 Å². The lowest BCUT2D eigenvalue weighted by Gasteiger charge is -2.32. The third-order valence-electron chi connectivity index (χ3n) is 9.78. The molecule has 0 saturated carbocycles. The lowest BCUT2D eigenvalue weighted by atomic mass is 9.82. The van der Waals surface area contributed by atoms with Gasteiger partial charge in [0.1, 0.15) is 23.0 Å². The average Bonchev–Trinajstić information content (AvgIpc) is 4.03. The summed E-state index contributed by atoms with van der Waals surface area (Å²) in [5, 5.41) is 9.63. The van der Waals surface area contributed by atoms with Crippen LogP contribution in [0.1, 0.15) is 27.7 Å². The molecule has 0 unspecified atom stereocenters. The molecule has 60 heavy (non-hydrogen) atoms. The summed E-state index contributed by atoms with van der Waals surface area (Å²) >= 11 is 14.1. The molecular formula is C38H36BCl2IN10O6S2. The van der Waals surface area contributed by atoms with Crippen molar-refractivity contribution in [2.75, 3.05) is 0 Å². The zero-order valence-corrected chi connectivity index (χ0v) is 38.1. The number of hydrogen-bond donors (Lipinski definition) is 0. The Morgan fingerprint density at radius 3 is 1.60 bits per heavy atom. The second kappa shape index (κ2) is 16.6. The first-order valence-corrected chi connectivity index (χ1v) is 22.7. The number of rotatable bonds is 6. The summed E-state index contributed by atoms with van der Waals surface area (Å²) in [5.74, 6) is 0. The van der Waals surface area contributed by atoms with Gasteiger partial charge < -0.3 is 9.31 Å². The molecule has 16 nitrogen and oxygen atoms in total. The predicted octanol–water partition coefficient (Wildman–Crippen LogP) is 6.37. The molecule has 0 atom stereocenters. The number of aryl methyl sites for hydroxylation is 2. The Hall–Kier alpha value is -4.71. The number of aromatic nitrogens is 10. The first-order valence-electron chi connectivity index (χ1n) is 18.0. The number of nitrogens with zero attached hydrogens (tertiary/aromatic N) is 10. The Balaban J connectivity index is 0.000000141. The molecule has 0 spiro atoms. The fraction of sp³-hybridized carbons (Fsp3) is 0.211. The molecular weight excluding hydrogens is 965 g/mol. The fourth-order valence-electron chi connectivity index (χ4n) is 6.05. The van der Waals surface area contributed by atoms with Gasteiger partial charge in [0.2, 0.25) is 0 Å². The molecule has 8 aromatic rings. The maximum atomic E-state index is 13.3. The van der Waals surface area contributed by atoms with E-state index in [0.29, 0.717) is 25.7 Å². The molecule has 1 saturated heterocycles. The van der Waals surface area contributed by atoms with E-state index in [9.17, 15) is 16.8 Å². The highest BCUT2D eigenvalue weighted by Crippen LogP contribution is 2.37. The molecule has 310 valence electrons. The van der Waals surface area contributed by atoms with Gasteiger partial charge in [-0.05, 0) is 86.7 Å². The largest absolute Gasteiger partial charge is 0.498 e. The van der Waals surface area contributed by atoms with Crippen LogP contribution in [0.4, 0.5) is 0 Å². The van der Waals surface area contributed by atoms with Gasteiger partial charge in [-0.25, -0.2) is 44.7 Å². The van der Waals surface area contributed by atoms with Crippen molar-refractivity contribution < 1.29 is 26.1 Å². The number of benzene rings is 2. The van der Waals surface area contributed by atoms with Crippen LogP contribution >= 0.6 is 45.8 Å². The number of halogens is 3. The minimum absolute atomic E-state index is 0.160. The summed E-state index contributed by atoms with van der Waals surface area (Å²) in [4.78, 5) is 16.3. The monoisotopic (exact) mass is 1000 g/mol. The maximum absolute atomic E-state index is 13.3. The van der Waals surface area contributed by atoms with Crippen LogP contribution in [-0.4, -0.2) is 82.6 Å². The van der Waals surface area contributed by atoms with Gasteiger partial charge in [0.15, 0.2) is 11.3 Å². The van der Waals surface area contributed by atoms with Crippen LogP contribution in [-0.2, 0) is 43.5 Å². The molecule has 0 radical (unpaired) electrons. The molecule has 0 bridgehead atoms. The predicted molar refractivity (Wildman–Crippen MR) is 237 cm³/mol. The van der Waals surface area contributed by atoms with Crippen LogP contribution in [0.15, 0.2) is 120 Å². The van der Waals surface area contributed by atoms with Gasteiger partial charge in [-0.2, -0.15) is 10.2 Å². The lowest BCUT2D eigenvalue weighted by molar-refractivity contribution is 0.00578. The molecule has 0 amide bonds. The van der Waals surface area contributed by atoms with Crippen molar-refractivity contribution in [3.05, 3.63) is 124 Å². The van der Waals surface area contributed by atoms with Gasteiger partial charge in [-0.3, -0.25) is 9.36 Å². The van der Waals surface area contributed by atoms with Gasteiger partial charge in [0.25, 0.3) is 20.0 Å². The smallest absolute Gasteiger partial charge is 0.399 e. The first kappa shape index (κ1) is 43.4. The molecule has 1 fully saturated rings. The van der Waals surface area contributed by atoms with Crippen LogP contribution in [0.25, 0.3) is 33.3 Å². The molecule has 0 N–H and O–H groups in total. The van der Waals surface area contributed by atoms with E-state index >= 15 is 0 Å². The van der Waals surface area contributed by atoms with E-state index in [-0.39, 0.29) is 49.7 Å². The minimum Gasteiger partial charge on any atom is -0.399 e. The van der Waals surface area contributed by atoms with Crippen LogP contribution in [0.5, 0.6) is 0 Å². The zero-order valence-electron chi connectivity index (χ0n) is 32.8. The quantitative estimate of drug-likeness (QED) is 0.102. The standard InChI is InChI=1S/C16H12ClN5O2S.C12H7ClIN3O2S.C10H17BN2O2/c1-21-9-11(8-20-21)14-7-13-15(17)18-10-19-16(13)22(14)25(23,24)12-5-3-2-4-6-12;13-11-9-6-10(14)17(12(9)16-7-15-11)20(18,19)8-4-2-1-3-5-8;1-9(2)10(3,4)15-11(14-9)8-6-12-13(5)7-8/h2-10H,1H3;1-7H;6-7H,1-5H3. The average molecular weight is 1000 g/mol. The summed E-state index contributed by atoms with van der Waals surface area (Å²) in [5.41, 5.74) is 1.96. The highest BCUT2D eigenvalue weighted by atomic mass is 127. The summed E-state index contributed by atoms with van der Waals surface area (Å²) < 4.78 is 69.9. The van der Waals surface area contributed by atoms with Crippen molar-refractivity contribution in [1.29, 1.82) is 0 Å². The third kappa shape index (κ3) is 8.33. The zero-order chi connectivity index (χ0) is 43.2.